The van der Waals surface area contributed by atoms with Crippen molar-refractivity contribution in [2.75, 3.05) is 29.1 Å². The van der Waals surface area contributed by atoms with Gasteiger partial charge in [0.05, 0.1) is 35.7 Å². The van der Waals surface area contributed by atoms with Crippen molar-refractivity contribution < 1.29 is 14.4 Å². The number of carbonyl (C=O) groups is 3. The zero-order chi connectivity index (χ0) is 36.9. The molecule has 6 rings (SSSR count). The van der Waals surface area contributed by atoms with Crippen molar-refractivity contribution in [3.05, 3.63) is 90.5 Å². The molecule has 0 fully saturated rings. The van der Waals surface area contributed by atoms with Crippen LogP contribution in [0.2, 0.25) is 0 Å². The van der Waals surface area contributed by atoms with Crippen LogP contribution in [0.5, 0.6) is 0 Å². The molecule has 3 heterocycles. The van der Waals surface area contributed by atoms with Gasteiger partial charge in [-0.1, -0.05) is 61.5 Å². The van der Waals surface area contributed by atoms with Gasteiger partial charge in [-0.3, -0.25) is 14.4 Å². The molecule has 0 bridgehead atoms. The van der Waals surface area contributed by atoms with Gasteiger partial charge in [0.1, 0.15) is 17.1 Å². The van der Waals surface area contributed by atoms with Crippen molar-refractivity contribution >= 4 is 105 Å². The van der Waals surface area contributed by atoms with Gasteiger partial charge in [0.25, 0.3) is 17.7 Å². The number of nitrogens with one attached hydrogen (secondary N) is 2. The molecule has 0 aliphatic carbocycles. The average Bonchev–Trinajstić information content (AvgIpc) is 3.15. The second-order valence-corrected chi connectivity index (χ2v) is 11.7. The monoisotopic (exact) mass is 766 g/mol. The van der Waals surface area contributed by atoms with Crippen LogP contribution in [0.3, 0.4) is 0 Å². The third-order valence-electron chi connectivity index (χ3n) is 6.88. The second-order valence-electron chi connectivity index (χ2n) is 10.4. The number of rotatable bonds is 5. The van der Waals surface area contributed by atoms with Gasteiger partial charge in [0, 0.05) is 14.1 Å². The molecule has 3 atom stereocenters. The van der Waals surface area contributed by atoms with Crippen LogP contribution in [-0.4, -0.2) is 83.7 Å². The maximum Gasteiger partial charge on any atom is 0.271 e. The molecule has 3 aliphatic heterocycles. The minimum absolute atomic E-state index is 0. The van der Waals surface area contributed by atoms with Crippen LogP contribution >= 0.6 is 34.8 Å². The van der Waals surface area contributed by atoms with Crippen molar-refractivity contribution in [2.45, 2.75) is 30.5 Å². The number of aryl methyl sites for hydroxylation is 1. The van der Waals surface area contributed by atoms with E-state index in [2.05, 4.69) is 41.5 Å². The number of halogens is 3. The molecule has 15 nitrogen and oxygen atoms in total. The first-order chi connectivity index (χ1) is 24.6. The predicted molar refractivity (Wildman–Crippen MR) is 212 cm³/mol. The third-order valence-corrected chi connectivity index (χ3v) is 8.11. The highest BCUT2D eigenvalue weighted by Crippen LogP contribution is 2.22. The highest BCUT2D eigenvalue weighted by Gasteiger charge is 2.33. The van der Waals surface area contributed by atoms with Crippen molar-refractivity contribution in [1.29, 1.82) is 0 Å². The van der Waals surface area contributed by atoms with Crippen LogP contribution in [-0.2, 0) is 14.4 Å². The van der Waals surface area contributed by atoms with Crippen molar-refractivity contribution in [1.82, 2.24) is 10.9 Å². The summed E-state index contributed by atoms with van der Waals surface area (Å²) < 4.78 is 0. The van der Waals surface area contributed by atoms with Crippen LogP contribution in [0.25, 0.3) is 0 Å². The van der Waals surface area contributed by atoms with Crippen LogP contribution in [0.1, 0.15) is 13.0 Å². The van der Waals surface area contributed by atoms with Gasteiger partial charge in [-0.15, -0.1) is 34.8 Å². The molecule has 0 saturated heterocycles. The summed E-state index contributed by atoms with van der Waals surface area (Å²) in [7, 11) is 3.28. The number of anilines is 3. The molecule has 3 unspecified atom stereocenters. The van der Waals surface area contributed by atoms with E-state index in [1.54, 1.807) is 38.4 Å². The number of carbonyl (C=O) groups excluding carboxylic acids is 3. The molecule has 3 aromatic carbocycles. The van der Waals surface area contributed by atoms with E-state index in [0.29, 0.717) is 28.5 Å². The Kier molecular flexibility index (Phi) is 15.4. The molecule has 52 heavy (non-hydrogen) atoms. The lowest BCUT2D eigenvalue weighted by Gasteiger charge is -2.23. The second kappa shape index (κ2) is 19.7. The third kappa shape index (κ3) is 9.99. The fraction of sp³-hybridized carbons (Fsp3) is 0.206. The first-order valence-corrected chi connectivity index (χ1v) is 16.4. The lowest BCUT2D eigenvalue weighted by Crippen LogP contribution is -2.43. The molecule has 0 aromatic heterocycles. The fourth-order valence-corrected chi connectivity index (χ4v) is 4.95. The summed E-state index contributed by atoms with van der Waals surface area (Å²) in [6.45, 7) is 1.98. The van der Waals surface area contributed by atoms with E-state index in [1.165, 1.54) is 33.7 Å². The van der Waals surface area contributed by atoms with E-state index in [0.717, 1.165) is 5.56 Å². The Morgan fingerprint density at radius 3 is 1.25 bits per heavy atom. The highest BCUT2D eigenvalue weighted by molar-refractivity contribution is 6.57. The molecule has 4 N–H and O–H groups in total. The summed E-state index contributed by atoms with van der Waals surface area (Å²) in [6, 6.07) is 25.6. The Morgan fingerprint density at radius 1 is 0.577 bits per heavy atom. The van der Waals surface area contributed by atoms with Gasteiger partial charge in [0.15, 0.2) is 16.1 Å². The molecule has 0 spiro atoms. The lowest BCUT2D eigenvalue weighted by molar-refractivity contribution is -0.118. The Balaban J connectivity index is 0.000000209. The van der Waals surface area contributed by atoms with Gasteiger partial charge in [-0.25, -0.2) is 0 Å². The van der Waals surface area contributed by atoms with Crippen LogP contribution in [0.4, 0.5) is 17.1 Å². The Hall–Kier alpha value is -5.64. The topological polar surface area (TPSA) is 185 Å². The Morgan fingerprint density at radius 2 is 0.904 bits per heavy atom. The summed E-state index contributed by atoms with van der Waals surface area (Å²) in [4.78, 5) is 35.9. The van der Waals surface area contributed by atoms with Crippen molar-refractivity contribution in [3.63, 3.8) is 0 Å². The number of amides is 3. The summed E-state index contributed by atoms with van der Waals surface area (Å²) in [5.41, 5.74) is 9.41. The van der Waals surface area contributed by atoms with E-state index in [1.807, 2.05) is 67.6 Å². The van der Waals surface area contributed by atoms with Crippen LogP contribution in [0, 0.1) is 6.92 Å². The molecule has 272 valence electrons. The quantitative estimate of drug-likeness (QED) is 0.198. The Bertz CT molecular complexity index is 1870. The summed E-state index contributed by atoms with van der Waals surface area (Å²) >= 11 is 17.9. The van der Waals surface area contributed by atoms with Gasteiger partial charge in [-0.05, 0) is 43.3 Å². The smallest absolute Gasteiger partial charge is 0.271 e. The molecule has 0 radical (unpaired) electrons. The van der Waals surface area contributed by atoms with Crippen LogP contribution in [0.15, 0.2) is 116 Å². The summed E-state index contributed by atoms with van der Waals surface area (Å²) in [5.74, 6) is 4.10. The first-order valence-electron chi connectivity index (χ1n) is 15.1. The van der Waals surface area contributed by atoms with E-state index in [4.69, 9.17) is 40.6 Å². The first kappa shape index (κ1) is 40.8. The Labute approximate surface area is 316 Å². The number of hydrazone groups is 6. The van der Waals surface area contributed by atoms with Gasteiger partial charge < -0.3 is 16.7 Å². The van der Waals surface area contributed by atoms with Crippen molar-refractivity contribution in [2.24, 2.45) is 36.5 Å². The van der Waals surface area contributed by atoms with E-state index in [-0.39, 0.29) is 30.9 Å². The van der Waals surface area contributed by atoms with Gasteiger partial charge in [-0.2, -0.15) is 45.6 Å². The number of benzene rings is 3. The summed E-state index contributed by atoms with van der Waals surface area (Å²) in [5, 5.41) is 24.5. The molecule has 3 amide bonds. The SMILES string of the molecule is C.CN/N=C1\C=NN(c2ccc(C)cc2)C(=O)C1Cl.CN/N=C1\C=NN(c2ccccc2)C(=O)C1Cl.N/N=C1\C=NN(c2ccccc2)C(=O)C1Cl. The van der Waals surface area contributed by atoms with Gasteiger partial charge in [0.2, 0.25) is 0 Å². The fourth-order valence-electron chi connectivity index (χ4n) is 4.35. The predicted octanol–water partition coefficient (Wildman–Crippen LogP) is 4.29. The number of hydrogen-bond donors (Lipinski definition) is 3. The van der Waals surface area contributed by atoms with Crippen molar-refractivity contribution in [3.8, 4) is 0 Å². The van der Waals surface area contributed by atoms with Gasteiger partial charge >= 0.3 is 0 Å². The normalized spacial score (nSPS) is 21.7. The molecule has 0 saturated carbocycles. The minimum Gasteiger partial charge on any atom is -0.323 e. The largest absolute Gasteiger partial charge is 0.323 e. The number of alkyl halides is 3. The molecular weight excluding hydrogens is 731 g/mol. The van der Waals surface area contributed by atoms with E-state index >= 15 is 0 Å². The molecule has 3 aromatic rings. The molecular formula is C34H37Cl3N12O3. The maximum atomic E-state index is 12.1. The lowest BCUT2D eigenvalue weighted by atomic mass is 10.2. The van der Waals surface area contributed by atoms with E-state index < -0.39 is 16.1 Å². The molecule has 18 heteroatoms. The standard InChI is InChI=1S/C12H13ClN4O.C11H11ClN4O.C10H9ClN4O.CH4/c1-8-3-5-9(6-4-8)17-12(18)11(13)10(7-15-17)16-14-2;1-13-15-9-7-14-16(11(17)10(9)12)8-5-3-2-4-6-8;11-9-8(14-12)6-13-15(10(9)16)7-4-2-1-3-5-7;/h3-7,11,14H,1-2H3;2-7,10,13H,1H3;1-6,9H,12H2;1H4/b16-10+;15-9+;14-8+;. The number of hydrogen-bond acceptors (Lipinski definition) is 12. The zero-order valence-electron chi connectivity index (χ0n) is 27.5. The van der Waals surface area contributed by atoms with E-state index in [9.17, 15) is 14.4 Å². The van der Waals surface area contributed by atoms with Crippen LogP contribution < -0.4 is 31.7 Å². The average molecular weight is 768 g/mol. The number of nitrogens with two attached hydrogens (primary N) is 1. The zero-order valence-corrected chi connectivity index (χ0v) is 29.8. The minimum atomic E-state index is -0.886. The highest BCUT2D eigenvalue weighted by atomic mass is 35.5. The number of para-hydroxylation sites is 2. The summed E-state index contributed by atoms with van der Waals surface area (Å²) in [6.07, 6.45) is 4.34. The number of nitrogens with zero attached hydrogens (tertiary/aromatic N) is 9. The molecule has 3 aliphatic rings. The maximum absolute atomic E-state index is 12.1.